The number of halogens is 3. The molecule has 16 heteroatoms. The van der Waals surface area contributed by atoms with Crippen molar-refractivity contribution < 1.29 is 39.9 Å². The Balaban J connectivity index is 1.61. The number of rotatable bonds is 9. The van der Waals surface area contributed by atoms with Crippen molar-refractivity contribution in [3.8, 4) is 0 Å². The summed E-state index contributed by atoms with van der Waals surface area (Å²) >= 11 is 1.12. The topological polar surface area (TPSA) is 119 Å². The van der Waals surface area contributed by atoms with E-state index in [1.54, 1.807) is 17.5 Å². The molecule has 0 unspecified atom stereocenters. The average Bonchev–Trinajstić information content (AvgIpc) is 3.43. The second kappa shape index (κ2) is 11.8. The summed E-state index contributed by atoms with van der Waals surface area (Å²) in [6, 6.07) is 7.94. The van der Waals surface area contributed by atoms with E-state index in [0.29, 0.717) is 32.3 Å². The highest BCUT2D eigenvalue weighted by atomic mass is 32.2. The molecule has 224 valence electrons. The van der Waals surface area contributed by atoms with Gasteiger partial charge in [0.05, 0.1) is 25.5 Å². The molecule has 0 radical (unpaired) electrons. The zero-order valence-electron chi connectivity index (χ0n) is 22.0. The smallest absolute Gasteiger partial charge is 0.378 e. The first-order chi connectivity index (χ1) is 18.6. The van der Waals surface area contributed by atoms with Gasteiger partial charge in [-0.25, -0.2) is 21.6 Å². The number of morpholine rings is 1. The molecule has 2 aromatic rings. The molecule has 4 rings (SSSR count). The Bertz CT molecular complexity index is 1350. The maximum Gasteiger partial charge on any atom is 0.421 e. The minimum absolute atomic E-state index is 0.115. The highest BCUT2D eigenvalue weighted by Gasteiger charge is 2.51. The summed E-state index contributed by atoms with van der Waals surface area (Å²) in [6.45, 7) is 2.93. The fourth-order valence-corrected chi connectivity index (χ4v) is 7.96. The van der Waals surface area contributed by atoms with Crippen LogP contribution in [0, 0.1) is 0 Å². The summed E-state index contributed by atoms with van der Waals surface area (Å²) < 4.78 is 99.8. The molecule has 1 aromatic heterocycles. The molecule has 1 aromatic carbocycles. The molecule has 2 saturated heterocycles. The van der Waals surface area contributed by atoms with Gasteiger partial charge in [0.15, 0.2) is 5.60 Å². The Labute approximate surface area is 236 Å². The van der Waals surface area contributed by atoms with E-state index in [2.05, 4.69) is 4.72 Å². The van der Waals surface area contributed by atoms with Crippen LogP contribution in [-0.4, -0.2) is 108 Å². The first-order valence-electron chi connectivity index (χ1n) is 12.6. The van der Waals surface area contributed by atoms with Gasteiger partial charge in [-0.1, -0.05) is 18.2 Å². The van der Waals surface area contributed by atoms with Gasteiger partial charge in [-0.2, -0.15) is 17.5 Å². The van der Waals surface area contributed by atoms with Crippen LogP contribution in [0.5, 0.6) is 0 Å². The van der Waals surface area contributed by atoms with Crippen LogP contribution in [0.2, 0.25) is 0 Å². The number of hydrogen-bond donors (Lipinski definition) is 2. The van der Waals surface area contributed by atoms with E-state index in [0.717, 1.165) is 17.6 Å². The first-order valence-corrected chi connectivity index (χ1v) is 16.8. The number of ether oxygens (including phenoxy) is 1. The van der Waals surface area contributed by atoms with Crippen LogP contribution < -0.4 is 9.62 Å². The zero-order valence-corrected chi connectivity index (χ0v) is 24.5. The molecule has 0 amide bonds. The maximum atomic E-state index is 13.4. The summed E-state index contributed by atoms with van der Waals surface area (Å²) in [6.07, 6.45) is -3.79. The largest absolute Gasteiger partial charge is 0.421 e. The van der Waals surface area contributed by atoms with Gasteiger partial charge < -0.3 is 14.7 Å². The van der Waals surface area contributed by atoms with Crippen molar-refractivity contribution in [3.05, 3.63) is 47.3 Å². The molecule has 2 aliphatic rings. The van der Waals surface area contributed by atoms with Crippen LogP contribution in [-0.2, 0) is 30.4 Å². The highest BCUT2D eigenvalue weighted by molar-refractivity contribution is 7.91. The van der Waals surface area contributed by atoms with Crippen molar-refractivity contribution in [2.75, 3.05) is 63.6 Å². The Morgan fingerprint density at radius 2 is 1.77 bits per heavy atom. The summed E-state index contributed by atoms with van der Waals surface area (Å²) in [5.41, 5.74) is -2.75. The number of aliphatic hydroxyl groups is 1. The second-order valence-electron chi connectivity index (χ2n) is 10.1. The maximum absolute atomic E-state index is 13.4. The summed E-state index contributed by atoms with van der Waals surface area (Å²) in [7, 11) is -7.19. The van der Waals surface area contributed by atoms with Gasteiger partial charge in [-0.3, -0.25) is 4.90 Å². The van der Waals surface area contributed by atoms with Crippen LogP contribution in [0.25, 0.3) is 0 Å². The molecule has 0 spiro atoms. The number of alkyl halides is 3. The Morgan fingerprint density at radius 1 is 1.07 bits per heavy atom. The Kier molecular flexibility index (Phi) is 9.22. The molecule has 2 N–H and O–H groups in total. The van der Waals surface area contributed by atoms with Crippen molar-refractivity contribution in [3.63, 3.8) is 0 Å². The molecular formula is C24H33F3N4O6S3. The lowest BCUT2D eigenvalue weighted by Gasteiger charge is -2.46. The van der Waals surface area contributed by atoms with Gasteiger partial charge >= 0.3 is 6.18 Å². The Hall–Kier alpha value is -1.79. The van der Waals surface area contributed by atoms with Gasteiger partial charge in [0.2, 0.25) is 10.0 Å². The van der Waals surface area contributed by atoms with Gasteiger partial charge in [-0.15, -0.1) is 11.3 Å². The standard InChI is InChI=1S/C24H33F3N4O6S3/c1-23(32,24(25,26)27)18-5-7-19(8-6-18)31-10-9-30(40(35,36)22-4-3-13-38-22)16-21(31)15-29-11-12-37-17-20(29)14-28-39(2,33)34/h3-8,13,20-21,28,32H,9-12,14-17H2,1-2H3/t20-,21-,23+/m0/s1. The molecule has 40 heavy (non-hydrogen) atoms. The van der Waals surface area contributed by atoms with Crippen LogP contribution >= 0.6 is 11.3 Å². The zero-order chi connectivity index (χ0) is 29.3. The molecule has 3 heterocycles. The average molecular weight is 627 g/mol. The predicted octanol–water partition coefficient (Wildman–Crippen LogP) is 1.65. The summed E-state index contributed by atoms with van der Waals surface area (Å²) in [4.78, 5) is 3.99. The van der Waals surface area contributed by atoms with Crippen molar-refractivity contribution in [1.29, 1.82) is 0 Å². The normalized spacial score (nSPS) is 23.7. The van der Waals surface area contributed by atoms with Crippen molar-refractivity contribution >= 4 is 37.1 Å². The number of nitrogens with zero attached hydrogens (tertiary/aromatic N) is 3. The fourth-order valence-electron chi connectivity index (χ4n) is 4.86. The fraction of sp³-hybridized carbons (Fsp3) is 0.583. The van der Waals surface area contributed by atoms with Gasteiger partial charge in [0, 0.05) is 51.0 Å². The molecular weight excluding hydrogens is 593 g/mol. The Morgan fingerprint density at radius 3 is 2.38 bits per heavy atom. The van der Waals surface area contributed by atoms with E-state index in [1.807, 2.05) is 9.80 Å². The highest BCUT2D eigenvalue weighted by Crippen LogP contribution is 2.39. The van der Waals surface area contributed by atoms with Crippen LogP contribution in [0.1, 0.15) is 12.5 Å². The number of anilines is 1. The van der Waals surface area contributed by atoms with E-state index in [-0.39, 0.29) is 48.6 Å². The lowest BCUT2D eigenvalue weighted by Crippen LogP contribution is -2.61. The van der Waals surface area contributed by atoms with Gasteiger partial charge in [-0.05, 0) is 36.1 Å². The SMILES string of the molecule is C[C@@](O)(c1ccc(N2CCN(S(=O)(=O)c3cccs3)C[C@@H]2CN2CCOC[C@@H]2CNS(C)(=O)=O)cc1)C(F)(F)F. The third-order valence-corrected chi connectivity index (χ3v) is 11.2. The quantitative estimate of drug-likeness (QED) is 0.432. The monoisotopic (exact) mass is 626 g/mol. The van der Waals surface area contributed by atoms with E-state index >= 15 is 0 Å². The predicted molar refractivity (Wildman–Crippen MR) is 145 cm³/mol. The number of sulfonamides is 2. The van der Waals surface area contributed by atoms with E-state index < -0.39 is 37.9 Å². The summed E-state index contributed by atoms with van der Waals surface area (Å²) in [5, 5.41) is 11.8. The van der Waals surface area contributed by atoms with Crippen LogP contribution in [0.3, 0.4) is 0 Å². The summed E-state index contributed by atoms with van der Waals surface area (Å²) in [5.74, 6) is 0. The third kappa shape index (κ3) is 6.98. The number of piperazine rings is 1. The number of thiophene rings is 1. The molecule has 0 aliphatic carbocycles. The minimum Gasteiger partial charge on any atom is -0.378 e. The minimum atomic E-state index is -4.86. The molecule has 2 aliphatic heterocycles. The second-order valence-corrected chi connectivity index (χ2v) is 15.0. The molecule has 10 nitrogen and oxygen atoms in total. The van der Waals surface area contributed by atoms with Crippen LogP contribution in [0.4, 0.5) is 18.9 Å². The van der Waals surface area contributed by atoms with Gasteiger partial charge in [0.25, 0.3) is 10.0 Å². The van der Waals surface area contributed by atoms with E-state index in [9.17, 15) is 35.1 Å². The number of benzene rings is 1. The van der Waals surface area contributed by atoms with Crippen molar-refractivity contribution in [1.82, 2.24) is 13.9 Å². The lowest BCUT2D eigenvalue weighted by molar-refractivity contribution is -0.258. The van der Waals surface area contributed by atoms with Crippen molar-refractivity contribution in [2.45, 2.75) is 35.0 Å². The molecule has 2 fully saturated rings. The van der Waals surface area contributed by atoms with Gasteiger partial charge in [0.1, 0.15) is 4.21 Å². The van der Waals surface area contributed by atoms with Crippen molar-refractivity contribution in [2.24, 2.45) is 0 Å². The molecule has 0 bridgehead atoms. The lowest BCUT2D eigenvalue weighted by atomic mass is 9.95. The van der Waals surface area contributed by atoms with E-state index in [1.165, 1.54) is 28.6 Å². The van der Waals surface area contributed by atoms with E-state index in [4.69, 9.17) is 4.74 Å². The molecule has 3 atom stereocenters. The first kappa shape index (κ1) is 31.2. The number of hydrogen-bond acceptors (Lipinski definition) is 9. The third-order valence-electron chi connectivity index (χ3n) is 7.22. The molecule has 0 saturated carbocycles. The van der Waals surface area contributed by atoms with Crippen LogP contribution in [0.15, 0.2) is 46.0 Å². The number of nitrogens with one attached hydrogen (secondary N) is 1.